The Labute approximate surface area is 126 Å². The SMILES string of the molecule is CCN(CC)c1ncc(/C=C(\C(=O)O)c2cccs2)s1. The summed E-state index contributed by atoms with van der Waals surface area (Å²) >= 11 is 2.94. The molecule has 0 saturated heterocycles. The molecule has 2 aromatic rings. The smallest absolute Gasteiger partial charge is 0.337 e. The second kappa shape index (κ2) is 6.67. The summed E-state index contributed by atoms with van der Waals surface area (Å²) in [6.07, 6.45) is 3.42. The summed E-state index contributed by atoms with van der Waals surface area (Å²) in [5.74, 6) is -0.912. The third-order valence-electron chi connectivity index (χ3n) is 2.85. The van der Waals surface area contributed by atoms with Gasteiger partial charge >= 0.3 is 5.97 Å². The molecular formula is C14H16N2O2S2. The number of nitrogens with zero attached hydrogens (tertiary/aromatic N) is 2. The van der Waals surface area contributed by atoms with Crippen molar-refractivity contribution in [2.45, 2.75) is 13.8 Å². The Bertz CT molecular complexity index is 598. The van der Waals surface area contributed by atoms with E-state index in [1.165, 1.54) is 22.7 Å². The molecule has 6 heteroatoms. The lowest BCUT2D eigenvalue weighted by molar-refractivity contribution is -0.130. The van der Waals surface area contributed by atoms with Crippen LogP contribution in [0.15, 0.2) is 23.7 Å². The van der Waals surface area contributed by atoms with Gasteiger partial charge in [0, 0.05) is 29.0 Å². The van der Waals surface area contributed by atoms with E-state index in [0.717, 1.165) is 28.0 Å². The number of carbonyl (C=O) groups is 1. The van der Waals surface area contributed by atoms with Gasteiger partial charge in [-0.05, 0) is 31.4 Å². The fourth-order valence-electron chi connectivity index (χ4n) is 1.80. The molecule has 0 fully saturated rings. The van der Waals surface area contributed by atoms with Gasteiger partial charge in [0.15, 0.2) is 5.13 Å². The minimum Gasteiger partial charge on any atom is -0.478 e. The van der Waals surface area contributed by atoms with E-state index in [2.05, 4.69) is 23.7 Å². The summed E-state index contributed by atoms with van der Waals surface area (Å²) in [4.78, 5) is 19.5. The van der Waals surface area contributed by atoms with E-state index in [1.807, 2.05) is 17.5 Å². The van der Waals surface area contributed by atoms with Gasteiger partial charge in [-0.3, -0.25) is 0 Å². The number of aromatic nitrogens is 1. The zero-order valence-corrected chi connectivity index (χ0v) is 13.0. The van der Waals surface area contributed by atoms with Crippen molar-refractivity contribution < 1.29 is 9.90 Å². The number of thiazole rings is 1. The van der Waals surface area contributed by atoms with Crippen molar-refractivity contribution in [3.8, 4) is 0 Å². The first-order chi connectivity index (χ1) is 9.65. The third kappa shape index (κ3) is 3.26. The van der Waals surface area contributed by atoms with Gasteiger partial charge in [0.1, 0.15) is 0 Å². The topological polar surface area (TPSA) is 53.4 Å². The molecule has 2 heterocycles. The van der Waals surface area contributed by atoms with Gasteiger partial charge in [0.25, 0.3) is 0 Å². The number of anilines is 1. The molecule has 0 spiro atoms. The maximum atomic E-state index is 11.4. The first-order valence-corrected chi connectivity index (χ1v) is 8.05. The Balaban J connectivity index is 2.31. The van der Waals surface area contributed by atoms with Gasteiger partial charge in [-0.2, -0.15) is 0 Å². The molecule has 0 unspecified atom stereocenters. The molecule has 20 heavy (non-hydrogen) atoms. The van der Waals surface area contributed by atoms with Crippen molar-refractivity contribution >= 4 is 45.4 Å². The average molecular weight is 308 g/mol. The van der Waals surface area contributed by atoms with Crippen molar-refractivity contribution in [2.24, 2.45) is 0 Å². The van der Waals surface area contributed by atoms with Crippen molar-refractivity contribution in [3.63, 3.8) is 0 Å². The molecule has 106 valence electrons. The predicted molar refractivity (Wildman–Crippen MR) is 85.5 cm³/mol. The summed E-state index contributed by atoms with van der Waals surface area (Å²) in [5, 5.41) is 12.1. The number of thiophene rings is 1. The molecular weight excluding hydrogens is 292 g/mol. The summed E-state index contributed by atoms with van der Waals surface area (Å²) in [6, 6.07) is 3.67. The lowest BCUT2D eigenvalue weighted by Gasteiger charge is -2.16. The van der Waals surface area contributed by atoms with Crippen LogP contribution in [0.2, 0.25) is 0 Å². The molecule has 0 radical (unpaired) electrons. The van der Waals surface area contributed by atoms with Crippen molar-refractivity contribution in [2.75, 3.05) is 18.0 Å². The number of aliphatic carboxylic acids is 1. The second-order valence-electron chi connectivity index (χ2n) is 4.06. The molecule has 0 atom stereocenters. The molecule has 2 aromatic heterocycles. The van der Waals surface area contributed by atoms with Gasteiger partial charge in [0.05, 0.1) is 5.57 Å². The minimum atomic E-state index is -0.912. The monoisotopic (exact) mass is 308 g/mol. The molecule has 0 amide bonds. The lowest BCUT2D eigenvalue weighted by atomic mass is 10.2. The third-order valence-corrected chi connectivity index (χ3v) is 4.76. The van der Waals surface area contributed by atoms with Crippen LogP contribution in [0.1, 0.15) is 23.6 Å². The maximum Gasteiger partial charge on any atom is 0.337 e. The highest BCUT2D eigenvalue weighted by atomic mass is 32.1. The molecule has 1 N–H and O–H groups in total. The van der Waals surface area contributed by atoms with Gasteiger partial charge in [0.2, 0.25) is 0 Å². The maximum absolute atomic E-state index is 11.4. The quantitative estimate of drug-likeness (QED) is 0.827. The zero-order chi connectivity index (χ0) is 14.5. The Kier molecular flexibility index (Phi) is 4.92. The standard InChI is InChI=1S/C14H16N2O2S2/c1-3-16(4-2)14-15-9-10(20-14)8-11(13(17)18)12-6-5-7-19-12/h5-9H,3-4H2,1-2H3,(H,17,18)/b11-8-. The van der Waals surface area contributed by atoms with E-state index >= 15 is 0 Å². The van der Waals surface area contributed by atoms with Crippen LogP contribution in [0.25, 0.3) is 11.6 Å². The normalized spacial score (nSPS) is 11.6. The first-order valence-electron chi connectivity index (χ1n) is 6.35. The zero-order valence-electron chi connectivity index (χ0n) is 11.4. The summed E-state index contributed by atoms with van der Waals surface area (Å²) < 4.78 is 0. The van der Waals surface area contributed by atoms with Crippen molar-refractivity contribution in [1.29, 1.82) is 0 Å². The highest BCUT2D eigenvalue weighted by Crippen LogP contribution is 2.28. The number of rotatable bonds is 6. The molecule has 0 bridgehead atoms. The lowest BCUT2D eigenvalue weighted by Crippen LogP contribution is -2.21. The van der Waals surface area contributed by atoms with Crippen LogP contribution in [0, 0.1) is 0 Å². The van der Waals surface area contributed by atoms with E-state index in [0.29, 0.717) is 5.57 Å². The molecule has 0 aliphatic rings. The van der Waals surface area contributed by atoms with Gasteiger partial charge in [-0.25, -0.2) is 9.78 Å². The summed E-state index contributed by atoms with van der Waals surface area (Å²) in [7, 11) is 0. The Morgan fingerprint density at radius 1 is 1.45 bits per heavy atom. The Morgan fingerprint density at radius 2 is 2.20 bits per heavy atom. The first kappa shape index (κ1) is 14.7. The summed E-state index contributed by atoms with van der Waals surface area (Å²) in [6.45, 7) is 5.94. The van der Waals surface area contributed by atoms with Crippen LogP contribution in [-0.4, -0.2) is 29.1 Å². The minimum absolute atomic E-state index is 0.315. The molecule has 0 saturated carbocycles. The second-order valence-corrected chi connectivity index (χ2v) is 6.05. The Hall–Kier alpha value is -1.66. The van der Waals surface area contributed by atoms with Crippen LogP contribution in [0.4, 0.5) is 5.13 Å². The van der Waals surface area contributed by atoms with Gasteiger partial charge in [-0.15, -0.1) is 11.3 Å². The molecule has 0 aromatic carbocycles. The molecule has 4 nitrogen and oxygen atoms in total. The van der Waals surface area contributed by atoms with E-state index in [1.54, 1.807) is 12.3 Å². The largest absolute Gasteiger partial charge is 0.478 e. The summed E-state index contributed by atoms with van der Waals surface area (Å²) in [5.41, 5.74) is 0.315. The highest BCUT2D eigenvalue weighted by molar-refractivity contribution is 7.16. The fraction of sp³-hybridized carbons (Fsp3) is 0.286. The highest BCUT2D eigenvalue weighted by Gasteiger charge is 2.13. The van der Waals surface area contributed by atoms with E-state index in [4.69, 9.17) is 0 Å². The van der Waals surface area contributed by atoms with Crippen LogP contribution < -0.4 is 4.90 Å². The van der Waals surface area contributed by atoms with Gasteiger partial charge < -0.3 is 10.0 Å². The van der Waals surface area contributed by atoms with Crippen LogP contribution in [0.3, 0.4) is 0 Å². The number of carboxylic acids is 1. The van der Waals surface area contributed by atoms with Crippen molar-refractivity contribution in [1.82, 2.24) is 4.98 Å². The van der Waals surface area contributed by atoms with Crippen molar-refractivity contribution in [3.05, 3.63) is 33.5 Å². The van der Waals surface area contributed by atoms with Crippen LogP contribution in [0.5, 0.6) is 0 Å². The number of hydrogen-bond acceptors (Lipinski definition) is 5. The molecule has 2 rings (SSSR count). The van der Waals surface area contributed by atoms with Crippen LogP contribution >= 0.6 is 22.7 Å². The number of carboxylic acid groups (broad SMARTS) is 1. The predicted octanol–water partition coefficient (Wildman–Crippen LogP) is 3.68. The van der Waals surface area contributed by atoms with E-state index < -0.39 is 5.97 Å². The molecule has 0 aliphatic heterocycles. The molecule has 0 aliphatic carbocycles. The van der Waals surface area contributed by atoms with Crippen LogP contribution in [-0.2, 0) is 4.79 Å². The van der Waals surface area contributed by atoms with Gasteiger partial charge in [-0.1, -0.05) is 17.4 Å². The average Bonchev–Trinajstić information content (AvgIpc) is 3.08. The van der Waals surface area contributed by atoms with E-state index in [-0.39, 0.29) is 0 Å². The Morgan fingerprint density at radius 3 is 2.75 bits per heavy atom. The fourth-order valence-corrected chi connectivity index (χ4v) is 3.52. The number of hydrogen-bond donors (Lipinski definition) is 1. The van der Waals surface area contributed by atoms with E-state index in [9.17, 15) is 9.90 Å².